The highest BCUT2D eigenvalue weighted by atomic mass is 35.5. The molecule has 0 aliphatic carbocycles. The molecule has 0 N–H and O–H groups in total. The van der Waals surface area contributed by atoms with Crippen LogP contribution in [0.5, 0.6) is 17.2 Å². The number of methoxy groups -OCH3 is 2. The molecule has 2 aromatic carbocycles. The zero-order valence-corrected chi connectivity index (χ0v) is 17.9. The maximum atomic E-state index is 13.0. The van der Waals surface area contributed by atoms with Crippen molar-refractivity contribution >= 4 is 23.2 Å². The summed E-state index contributed by atoms with van der Waals surface area (Å²) in [5, 5.41) is 0.387. The average Bonchev–Trinajstić information content (AvgIpc) is 2.77. The highest BCUT2D eigenvalue weighted by Crippen LogP contribution is 2.37. The van der Waals surface area contributed by atoms with Crippen LogP contribution in [-0.2, 0) is 0 Å². The zero-order valence-electron chi connectivity index (χ0n) is 17.1. The van der Waals surface area contributed by atoms with Gasteiger partial charge in [0.05, 0.1) is 25.8 Å². The quantitative estimate of drug-likeness (QED) is 0.677. The Hall–Kier alpha value is -2.60. The SMILES string of the molecule is CCCOc1c(Cl)cc(C(=O)N2CCN(c3ccc(OC)cc3)CC2)cc1OC. The Morgan fingerprint density at radius 3 is 2.31 bits per heavy atom. The third-order valence-corrected chi connectivity index (χ3v) is 5.21. The Balaban J connectivity index is 1.67. The van der Waals surface area contributed by atoms with E-state index in [1.165, 1.54) is 0 Å². The number of amides is 1. The highest BCUT2D eigenvalue weighted by Gasteiger charge is 2.24. The number of nitrogens with zero attached hydrogens (tertiary/aromatic N) is 2. The Morgan fingerprint density at radius 1 is 1.03 bits per heavy atom. The Morgan fingerprint density at radius 2 is 1.72 bits per heavy atom. The third kappa shape index (κ3) is 4.88. The molecule has 0 saturated carbocycles. The molecular formula is C22H27ClN2O4. The van der Waals surface area contributed by atoms with E-state index in [0.717, 1.165) is 30.9 Å². The van der Waals surface area contributed by atoms with Gasteiger partial charge in [0.25, 0.3) is 5.91 Å². The molecule has 0 aromatic heterocycles. The lowest BCUT2D eigenvalue weighted by Gasteiger charge is -2.36. The van der Waals surface area contributed by atoms with Gasteiger partial charge in [-0.25, -0.2) is 0 Å². The molecule has 1 heterocycles. The van der Waals surface area contributed by atoms with Gasteiger partial charge in [0.2, 0.25) is 0 Å². The lowest BCUT2D eigenvalue weighted by atomic mass is 10.1. The molecule has 6 nitrogen and oxygen atoms in total. The van der Waals surface area contributed by atoms with Crippen molar-refractivity contribution in [3.63, 3.8) is 0 Å². The average molecular weight is 419 g/mol. The van der Waals surface area contributed by atoms with Crippen LogP contribution in [0.4, 0.5) is 5.69 Å². The van der Waals surface area contributed by atoms with Gasteiger partial charge in [-0.05, 0) is 42.8 Å². The first kappa shape index (κ1) is 21.1. The summed E-state index contributed by atoms with van der Waals surface area (Å²) in [7, 11) is 3.20. The number of anilines is 1. The van der Waals surface area contributed by atoms with E-state index < -0.39 is 0 Å². The topological polar surface area (TPSA) is 51.2 Å². The predicted octanol–water partition coefficient (Wildman–Crippen LogP) is 4.11. The number of piperazine rings is 1. The molecule has 1 amide bonds. The maximum Gasteiger partial charge on any atom is 0.254 e. The van der Waals surface area contributed by atoms with Crippen LogP contribution in [0.3, 0.4) is 0 Å². The first-order valence-electron chi connectivity index (χ1n) is 9.76. The van der Waals surface area contributed by atoms with Gasteiger partial charge in [-0.15, -0.1) is 0 Å². The first-order chi connectivity index (χ1) is 14.1. The van der Waals surface area contributed by atoms with Gasteiger partial charge < -0.3 is 24.0 Å². The summed E-state index contributed by atoms with van der Waals surface area (Å²) in [6.45, 7) is 5.36. The Bertz CT molecular complexity index is 833. The number of hydrogen-bond acceptors (Lipinski definition) is 5. The van der Waals surface area contributed by atoms with E-state index >= 15 is 0 Å². The predicted molar refractivity (Wildman–Crippen MR) is 115 cm³/mol. The number of carbonyl (C=O) groups excluding carboxylic acids is 1. The van der Waals surface area contributed by atoms with E-state index in [-0.39, 0.29) is 5.91 Å². The van der Waals surface area contributed by atoms with E-state index in [9.17, 15) is 4.79 Å². The summed E-state index contributed by atoms with van der Waals surface area (Å²) in [6.07, 6.45) is 0.860. The fraction of sp³-hybridized carbons (Fsp3) is 0.409. The van der Waals surface area contributed by atoms with Crippen molar-refractivity contribution in [3.05, 3.63) is 47.0 Å². The molecule has 1 aliphatic rings. The summed E-state index contributed by atoms with van der Waals surface area (Å²) in [5.41, 5.74) is 1.63. The molecular weight excluding hydrogens is 392 g/mol. The minimum atomic E-state index is -0.0541. The summed E-state index contributed by atoms with van der Waals surface area (Å²) in [4.78, 5) is 17.1. The van der Waals surface area contributed by atoms with Crippen molar-refractivity contribution in [1.29, 1.82) is 0 Å². The van der Waals surface area contributed by atoms with Crippen LogP contribution in [0.2, 0.25) is 5.02 Å². The van der Waals surface area contributed by atoms with Gasteiger partial charge in [0, 0.05) is 37.4 Å². The molecule has 0 spiro atoms. The van der Waals surface area contributed by atoms with E-state index in [4.69, 9.17) is 25.8 Å². The largest absolute Gasteiger partial charge is 0.497 e. The van der Waals surface area contributed by atoms with Crippen molar-refractivity contribution in [2.45, 2.75) is 13.3 Å². The smallest absolute Gasteiger partial charge is 0.254 e. The molecule has 29 heavy (non-hydrogen) atoms. The van der Waals surface area contributed by atoms with Crippen LogP contribution in [0.25, 0.3) is 0 Å². The fourth-order valence-corrected chi connectivity index (χ4v) is 3.60. The van der Waals surface area contributed by atoms with Gasteiger partial charge in [-0.2, -0.15) is 0 Å². The van der Waals surface area contributed by atoms with Crippen molar-refractivity contribution in [3.8, 4) is 17.2 Å². The second-order valence-corrected chi connectivity index (χ2v) is 7.22. The first-order valence-corrected chi connectivity index (χ1v) is 10.1. The molecule has 1 aliphatic heterocycles. The molecule has 0 atom stereocenters. The second kappa shape index (κ2) is 9.74. The summed E-state index contributed by atoms with van der Waals surface area (Å²) in [5.74, 6) is 1.74. The monoisotopic (exact) mass is 418 g/mol. The second-order valence-electron chi connectivity index (χ2n) is 6.82. The molecule has 1 saturated heterocycles. The van der Waals surface area contributed by atoms with Gasteiger partial charge >= 0.3 is 0 Å². The van der Waals surface area contributed by atoms with Crippen LogP contribution < -0.4 is 19.1 Å². The number of halogens is 1. The standard InChI is InChI=1S/C22H27ClN2O4/c1-4-13-29-21-19(23)14-16(15-20(21)28-3)22(26)25-11-9-24(10-12-25)17-5-7-18(27-2)8-6-17/h5-8,14-15H,4,9-13H2,1-3H3. The van der Waals surface area contributed by atoms with Crippen LogP contribution in [0.15, 0.2) is 36.4 Å². The van der Waals surface area contributed by atoms with Crippen molar-refractivity contribution in [2.75, 3.05) is 51.9 Å². The Labute approximate surface area is 176 Å². The van der Waals surface area contributed by atoms with E-state index in [0.29, 0.717) is 41.8 Å². The minimum absolute atomic E-state index is 0.0541. The number of hydrogen-bond donors (Lipinski definition) is 0. The molecule has 0 bridgehead atoms. The number of ether oxygens (including phenoxy) is 3. The third-order valence-electron chi connectivity index (χ3n) is 4.93. The van der Waals surface area contributed by atoms with Crippen molar-refractivity contribution in [1.82, 2.24) is 4.90 Å². The lowest BCUT2D eigenvalue weighted by Crippen LogP contribution is -2.48. The van der Waals surface area contributed by atoms with Gasteiger partial charge in [-0.3, -0.25) is 4.79 Å². The van der Waals surface area contributed by atoms with Gasteiger partial charge in [0.1, 0.15) is 5.75 Å². The lowest BCUT2D eigenvalue weighted by molar-refractivity contribution is 0.0746. The molecule has 3 rings (SSSR count). The minimum Gasteiger partial charge on any atom is -0.497 e. The number of benzene rings is 2. The summed E-state index contributed by atoms with van der Waals surface area (Å²) < 4.78 is 16.3. The van der Waals surface area contributed by atoms with Crippen LogP contribution in [-0.4, -0.2) is 57.8 Å². The molecule has 2 aromatic rings. The van der Waals surface area contributed by atoms with Crippen LogP contribution in [0.1, 0.15) is 23.7 Å². The molecule has 0 unspecified atom stereocenters. The Kier molecular flexibility index (Phi) is 7.09. The highest BCUT2D eigenvalue weighted by molar-refractivity contribution is 6.32. The summed E-state index contributed by atoms with van der Waals surface area (Å²) in [6, 6.07) is 11.3. The fourth-order valence-electron chi connectivity index (χ4n) is 3.33. The molecule has 0 radical (unpaired) electrons. The zero-order chi connectivity index (χ0) is 20.8. The number of rotatable bonds is 7. The molecule has 1 fully saturated rings. The van der Waals surface area contributed by atoms with Gasteiger partial charge in [-0.1, -0.05) is 18.5 Å². The van der Waals surface area contributed by atoms with E-state index in [2.05, 4.69) is 4.90 Å². The molecule has 156 valence electrons. The summed E-state index contributed by atoms with van der Waals surface area (Å²) >= 11 is 6.37. The number of carbonyl (C=O) groups is 1. The van der Waals surface area contributed by atoms with Crippen molar-refractivity contribution < 1.29 is 19.0 Å². The normalized spacial score (nSPS) is 13.9. The van der Waals surface area contributed by atoms with Gasteiger partial charge in [0.15, 0.2) is 11.5 Å². The van der Waals surface area contributed by atoms with E-state index in [1.807, 2.05) is 36.1 Å². The van der Waals surface area contributed by atoms with Crippen LogP contribution in [0, 0.1) is 0 Å². The van der Waals surface area contributed by atoms with Crippen LogP contribution >= 0.6 is 11.6 Å². The van der Waals surface area contributed by atoms with E-state index in [1.54, 1.807) is 26.4 Å². The molecule has 7 heteroatoms. The van der Waals surface area contributed by atoms with Crippen molar-refractivity contribution in [2.24, 2.45) is 0 Å². The maximum absolute atomic E-state index is 13.0.